The molecule has 0 radical (unpaired) electrons. The average molecular weight is 451 g/mol. The van der Waals surface area contributed by atoms with Crippen LogP contribution < -0.4 is 11.0 Å². The first kappa shape index (κ1) is 22.4. The molecule has 0 saturated heterocycles. The number of nitrogens with one attached hydrogen (secondary N) is 1. The largest absolute Gasteiger partial charge is 0.286 e. The molecule has 7 heteroatoms. The van der Waals surface area contributed by atoms with E-state index >= 15 is 0 Å². The molecule has 0 aliphatic heterocycles. The summed E-state index contributed by atoms with van der Waals surface area (Å²) in [6, 6.07) is 7.37. The van der Waals surface area contributed by atoms with Crippen LogP contribution in [-0.2, 0) is 23.1 Å². The maximum atomic E-state index is 13.2. The van der Waals surface area contributed by atoms with Gasteiger partial charge in [-0.05, 0) is 54.2 Å². The van der Waals surface area contributed by atoms with Crippen LogP contribution in [0.5, 0.6) is 0 Å². The fraction of sp³-hybridized carbons (Fsp3) is 0.440. The molecule has 0 bridgehead atoms. The zero-order valence-corrected chi connectivity index (χ0v) is 20.1. The van der Waals surface area contributed by atoms with Crippen molar-refractivity contribution in [2.24, 2.45) is 11.0 Å². The summed E-state index contributed by atoms with van der Waals surface area (Å²) in [7, 11) is 0. The third-order valence-electron chi connectivity index (χ3n) is 6.20. The van der Waals surface area contributed by atoms with Crippen LogP contribution in [0.1, 0.15) is 68.6 Å². The number of hydrogen-bond acceptors (Lipinski definition) is 5. The fourth-order valence-electron chi connectivity index (χ4n) is 4.08. The predicted octanol–water partition coefficient (Wildman–Crippen LogP) is 4.59. The number of hydrazone groups is 1. The monoisotopic (exact) mass is 450 g/mol. The molecule has 6 nitrogen and oxygen atoms in total. The van der Waals surface area contributed by atoms with Crippen molar-refractivity contribution in [2.75, 3.05) is 0 Å². The van der Waals surface area contributed by atoms with Crippen LogP contribution in [0.25, 0.3) is 10.2 Å². The number of carbonyl (C=O) groups is 1. The van der Waals surface area contributed by atoms with Gasteiger partial charge in [0.15, 0.2) is 0 Å². The van der Waals surface area contributed by atoms with Crippen molar-refractivity contribution in [1.29, 1.82) is 0 Å². The van der Waals surface area contributed by atoms with E-state index in [0.717, 1.165) is 35.2 Å². The molecule has 0 unspecified atom stereocenters. The number of aryl methyl sites for hydroxylation is 1. The second-order valence-electron chi connectivity index (χ2n) is 9.77. The zero-order chi connectivity index (χ0) is 23.0. The van der Waals surface area contributed by atoms with E-state index in [-0.39, 0.29) is 16.9 Å². The van der Waals surface area contributed by atoms with Gasteiger partial charge in [-0.2, -0.15) is 5.10 Å². The first-order valence-electron chi connectivity index (χ1n) is 11.1. The Kier molecular flexibility index (Phi) is 6.03. The topological polar surface area (TPSA) is 76.3 Å². The van der Waals surface area contributed by atoms with Gasteiger partial charge in [-0.3, -0.25) is 14.2 Å². The van der Waals surface area contributed by atoms with Crippen LogP contribution in [-0.4, -0.2) is 21.7 Å². The Hall–Kier alpha value is -2.80. The molecule has 0 saturated carbocycles. The zero-order valence-electron chi connectivity index (χ0n) is 19.3. The maximum Gasteiger partial charge on any atom is 0.263 e. The van der Waals surface area contributed by atoms with Gasteiger partial charge >= 0.3 is 0 Å². The third-order valence-corrected chi connectivity index (χ3v) is 7.36. The number of nitrogens with zero attached hydrogens (tertiary/aromatic N) is 3. The van der Waals surface area contributed by atoms with Gasteiger partial charge in [-0.25, -0.2) is 10.4 Å². The summed E-state index contributed by atoms with van der Waals surface area (Å²) in [6.07, 6.45) is 6.06. The molecule has 1 amide bonds. The molecule has 2 atom stereocenters. The molecule has 2 heterocycles. The van der Waals surface area contributed by atoms with Crippen LogP contribution in [0.4, 0.5) is 0 Å². The van der Waals surface area contributed by atoms with Crippen LogP contribution >= 0.6 is 11.3 Å². The highest BCUT2D eigenvalue weighted by molar-refractivity contribution is 7.18. The van der Waals surface area contributed by atoms with E-state index in [9.17, 15) is 9.59 Å². The SMILES string of the molecule is C[C@@H]1CCc2c(sc3ncn([C@H](C)C(=O)N/N=C/c4ccc(C(C)(C)C)cc4)c(=O)c23)C1. The van der Waals surface area contributed by atoms with Gasteiger partial charge in [-0.1, -0.05) is 52.0 Å². The molecule has 2 aromatic heterocycles. The number of rotatable bonds is 4. The standard InChI is InChI=1S/C25H30N4O2S/c1-15-6-11-19-20(12-15)32-23-21(19)24(31)29(14-26-23)16(2)22(30)28-27-13-17-7-9-18(10-8-17)25(3,4)5/h7-10,13-16H,6,11-12H2,1-5H3,(H,28,30)/b27-13+/t15-,16-/m1/s1. The van der Waals surface area contributed by atoms with Crippen molar-refractivity contribution < 1.29 is 4.79 Å². The number of benzene rings is 1. The maximum absolute atomic E-state index is 13.2. The van der Waals surface area contributed by atoms with E-state index in [0.29, 0.717) is 11.3 Å². The highest BCUT2D eigenvalue weighted by Gasteiger charge is 2.25. The van der Waals surface area contributed by atoms with E-state index in [4.69, 9.17) is 0 Å². The molecule has 4 rings (SSSR count). The van der Waals surface area contributed by atoms with Crippen molar-refractivity contribution in [3.05, 3.63) is 62.5 Å². The fourth-order valence-corrected chi connectivity index (χ4v) is 5.42. The van der Waals surface area contributed by atoms with E-state index in [1.54, 1.807) is 24.5 Å². The van der Waals surface area contributed by atoms with Gasteiger partial charge in [-0.15, -0.1) is 11.3 Å². The number of fused-ring (bicyclic) bond motifs is 3. The van der Waals surface area contributed by atoms with Crippen LogP contribution in [0, 0.1) is 5.92 Å². The van der Waals surface area contributed by atoms with E-state index < -0.39 is 6.04 Å². The van der Waals surface area contributed by atoms with Gasteiger partial charge in [0.1, 0.15) is 10.9 Å². The third kappa shape index (κ3) is 4.39. The molecule has 0 fully saturated rings. The molecule has 0 spiro atoms. The minimum absolute atomic E-state index is 0.0850. The Bertz CT molecular complexity index is 1230. The Labute approximate surface area is 192 Å². The lowest BCUT2D eigenvalue weighted by molar-refractivity contribution is -0.123. The molecule has 1 N–H and O–H groups in total. The van der Waals surface area contributed by atoms with E-state index in [1.807, 2.05) is 12.1 Å². The van der Waals surface area contributed by atoms with E-state index in [2.05, 4.69) is 55.3 Å². The molecule has 3 aromatic rings. The molecular weight excluding hydrogens is 420 g/mol. The van der Waals surface area contributed by atoms with Crippen molar-refractivity contribution in [3.63, 3.8) is 0 Å². The summed E-state index contributed by atoms with van der Waals surface area (Å²) in [5.41, 5.74) is 5.75. The minimum atomic E-state index is -0.710. The molecule has 1 aromatic carbocycles. The van der Waals surface area contributed by atoms with E-state index in [1.165, 1.54) is 21.3 Å². The summed E-state index contributed by atoms with van der Waals surface area (Å²) in [4.78, 5) is 32.4. The smallest absolute Gasteiger partial charge is 0.263 e. The summed E-state index contributed by atoms with van der Waals surface area (Å²) >= 11 is 1.61. The summed E-state index contributed by atoms with van der Waals surface area (Å²) in [6.45, 7) is 10.4. The number of carbonyl (C=O) groups excluding carboxylic acids is 1. The lowest BCUT2D eigenvalue weighted by Gasteiger charge is -2.18. The second kappa shape index (κ2) is 8.62. The van der Waals surface area contributed by atoms with Crippen molar-refractivity contribution in [1.82, 2.24) is 15.0 Å². The van der Waals surface area contributed by atoms with Gasteiger partial charge in [0.25, 0.3) is 11.5 Å². The first-order chi connectivity index (χ1) is 15.1. The van der Waals surface area contributed by atoms with Crippen LogP contribution in [0.15, 0.2) is 40.5 Å². The van der Waals surface area contributed by atoms with Gasteiger partial charge in [0.2, 0.25) is 0 Å². The average Bonchev–Trinajstić information content (AvgIpc) is 3.11. The summed E-state index contributed by atoms with van der Waals surface area (Å²) in [5, 5.41) is 4.76. The highest BCUT2D eigenvalue weighted by atomic mass is 32.1. The summed E-state index contributed by atoms with van der Waals surface area (Å²) < 4.78 is 1.41. The number of amides is 1. The number of hydrogen-bond donors (Lipinski definition) is 1. The van der Waals surface area contributed by atoms with Crippen LogP contribution in [0.3, 0.4) is 0 Å². The highest BCUT2D eigenvalue weighted by Crippen LogP contribution is 2.35. The predicted molar refractivity (Wildman–Crippen MR) is 131 cm³/mol. The lowest BCUT2D eigenvalue weighted by atomic mass is 9.87. The van der Waals surface area contributed by atoms with Gasteiger partial charge in [0, 0.05) is 4.88 Å². The molecule has 1 aliphatic carbocycles. The van der Waals surface area contributed by atoms with Crippen molar-refractivity contribution >= 4 is 33.7 Å². The van der Waals surface area contributed by atoms with Gasteiger partial charge in [0.05, 0.1) is 17.9 Å². The number of thiophene rings is 1. The van der Waals surface area contributed by atoms with Crippen molar-refractivity contribution in [3.8, 4) is 0 Å². The van der Waals surface area contributed by atoms with Gasteiger partial charge < -0.3 is 0 Å². The summed E-state index contributed by atoms with van der Waals surface area (Å²) in [5.74, 6) is 0.276. The molecule has 168 valence electrons. The quantitative estimate of drug-likeness (QED) is 0.466. The first-order valence-corrected chi connectivity index (χ1v) is 11.9. The Morgan fingerprint density at radius 3 is 2.72 bits per heavy atom. The van der Waals surface area contributed by atoms with Crippen molar-refractivity contribution in [2.45, 2.75) is 65.3 Å². The minimum Gasteiger partial charge on any atom is -0.286 e. The Balaban J connectivity index is 1.50. The number of aromatic nitrogens is 2. The second-order valence-corrected chi connectivity index (χ2v) is 10.9. The van der Waals surface area contributed by atoms with Crippen LogP contribution in [0.2, 0.25) is 0 Å². The molecule has 1 aliphatic rings. The molecular formula is C25H30N4O2S. The Morgan fingerprint density at radius 2 is 2.03 bits per heavy atom. The molecule has 32 heavy (non-hydrogen) atoms. The Morgan fingerprint density at radius 1 is 1.31 bits per heavy atom. The lowest BCUT2D eigenvalue weighted by Crippen LogP contribution is -2.34. The normalized spacial score (nSPS) is 17.5.